The minimum absolute atomic E-state index is 0.264. The molecule has 4 nitrogen and oxygen atoms in total. The summed E-state index contributed by atoms with van der Waals surface area (Å²) in [4.78, 5) is 12.4. The highest BCUT2D eigenvalue weighted by atomic mass is 35.5. The number of halogens is 2. The molecule has 6 heteroatoms. The van der Waals surface area contributed by atoms with Crippen molar-refractivity contribution < 1.29 is 14.3 Å². The smallest absolute Gasteiger partial charge is 0.254 e. The third-order valence-corrected chi connectivity index (χ3v) is 4.74. The van der Waals surface area contributed by atoms with Gasteiger partial charge in [0.25, 0.3) is 5.91 Å². The van der Waals surface area contributed by atoms with Crippen LogP contribution in [-0.4, -0.2) is 13.0 Å². The van der Waals surface area contributed by atoms with Gasteiger partial charge in [0.2, 0.25) is 0 Å². The fourth-order valence-corrected chi connectivity index (χ4v) is 3.23. The Kier molecular flexibility index (Phi) is 6.80. The number of carbonyl (C=O) groups is 1. The van der Waals surface area contributed by atoms with E-state index >= 15 is 0 Å². The maximum Gasteiger partial charge on any atom is 0.254 e. The maximum atomic E-state index is 12.4. The predicted octanol–water partition coefficient (Wildman–Crippen LogP) is 5.51. The third kappa shape index (κ3) is 4.97. The highest BCUT2D eigenvalue weighted by molar-refractivity contribution is 6.39. The molecule has 0 saturated carbocycles. The Morgan fingerprint density at radius 2 is 1.61 bits per heavy atom. The number of carbonyl (C=O) groups excluding carboxylic acids is 1. The molecule has 0 aromatic heterocycles. The second-order valence-corrected chi connectivity index (χ2v) is 6.85. The highest BCUT2D eigenvalue weighted by Crippen LogP contribution is 2.29. The molecule has 0 aliphatic carbocycles. The highest BCUT2D eigenvalue weighted by Gasteiger charge is 2.14. The van der Waals surface area contributed by atoms with Crippen LogP contribution in [0.2, 0.25) is 10.0 Å². The second kappa shape index (κ2) is 9.49. The molecule has 144 valence electrons. The van der Waals surface area contributed by atoms with E-state index in [4.69, 9.17) is 32.7 Å². The molecule has 3 rings (SSSR count). The maximum absolute atomic E-state index is 12.4. The summed E-state index contributed by atoms with van der Waals surface area (Å²) in [6.45, 7) is 0.744. The molecular formula is C22H19Cl2NO3. The summed E-state index contributed by atoms with van der Waals surface area (Å²) in [7, 11) is 1.58. The van der Waals surface area contributed by atoms with Crippen LogP contribution in [0, 0.1) is 0 Å². The first-order valence-corrected chi connectivity index (χ1v) is 9.40. The van der Waals surface area contributed by atoms with Gasteiger partial charge in [0.15, 0.2) is 11.5 Å². The van der Waals surface area contributed by atoms with Crippen molar-refractivity contribution in [3.63, 3.8) is 0 Å². The molecule has 0 radical (unpaired) electrons. The number of ether oxygens (including phenoxy) is 2. The van der Waals surface area contributed by atoms with Gasteiger partial charge in [-0.2, -0.15) is 0 Å². The van der Waals surface area contributed by atoms with Crippen molar-refractivity contribution in [2.24, 2.45) is 0 Å². The molecular weight excluding hydrogens is 397 g/mol. The lowest BCUT2D eigenvalue weighted by Crippen LogP contribution is -2.23. The lowest BCUT2D eigenvalue weighted by molar-refractivity contribution is 0.0951. The molecule has 28 heavy (non-hydrogen) atoms. The molecule has 1 amide bonds. The minimum Gasteiger partial charge on any atom is -0.493 e. The number of rotatable bonds is 7. The van der Waals surface area contributed by atoms with Gasteiger partial charge in [-0.3, -0.25) is 4.79 Å². The topological polar surface area (TPSA) is 47.6 Å². The van der Waals surface area contributed by atoms with Crippen molar-refractivity contribution in [1.82, 2.24) is 5.32 Å². The fourth-order valence-electron chi connectivity index (χ4n) is 2.66. The molecule has 0 saturated heterocycles. The summed E-state index contributed by atoms with van der Waals surface area (Å²) >= 11 is 12.2. The predicted molar refractivity (Wildman–Crippen MR) is 111 cm³/mol. The molecule has 3 aromatic carbocycles. The molecule has 0 heterocycles. The van der Waals surface area contributed by atoms with Gasteiger partial charge in [-0.1, -0.05) is 65.7 Å². The van der Waals surface area contributed by atoms with Crippen LogP contribution in [-0.2, 0) is 13.2 Å². The van der Waals surface area contributed by atoms with Crippen molar-refractivity contribution in [2.45, 2.75) is 13.2 Å². The van der Waals surface area contributed by atoms with Crippen LogP contribution < -0.4 is 14.8 Å². The van der Waals surface area contributed by atoms with Crippen LogP contribution in [0.15, 0.2) is 66.7 Å². The zero-order chi connectivity index (χ0) is 19.9. The monoisotopic (exact) mass is 415 g/mol. The van der Waals surface area contributed by atoms with Gasteiger partial charge >= 0.3 is 0 Å². The number of hydrogen-bond donors (Lipinski definition) is 1. The summed E-state index contributed by atoms with van der Waals surface area (Å²) in [5, 5.41) is 3.45. The van der Waals surface area contributed by atoms with Crippen molar-refractivity contribution in [1.29, 1.82) is 0 Å². The van der Waals surface area contributed by atoms with E-state index in [-0.39, 0.29) is 11.5 Å². The van der Waals surface area contributed by atoms with E-state index in [0.717, 1.165) is 11.1 Å². The summed E-state index contributed by atoms with van der Waals surface area (Å²) in [6.07, 6.45) is 0. The van der Waals surface area contributed by atoms with E-state index in [1.54, 1.807) is 25.3 Å². The Morgan fingerprint density at radius 3 is 2.29 bits per heavy atom. The normalized spacial score (nSPS) is 10.4. The van der Waals surface area contributed by atoms with Crippen LogP contribution >= 0.6 is 23.2 Å². The van der Waals surface area contributed by atoms with Gasteiger partial charge in [0.1, 0.15) is 6.61 Å². The van der Waals surface area contributed by atoms with Crippen molar-refractivity contribution in [3.8, 4) is 11.5 Å². The number of hydrogen-bond acceptors (Lipinski definition) is 3. The van der Waals surface area contributed by atoms with Crippen LogP contribution in [0.1, 0.15) is 21.5 Å². The molecule has 0 fully saturated rings. The number of nitrogens with one attached hydrogen (secondary N) is 1. The molecule has 0 unspecified atom stereocenters. The average Bonchev–Trinajstić information content (AvgIpc) is 2.71. The summed E-state index contributed by atoms with van der Waals surface area (Å²) in [5.41, 5.74) is 2.19. The van der Waals surface area contributed by atoms with E-state index in [1.165, 1.54) is 0 Å². The lowest BCUT2D eigenvalue weighted by Gasteiger charge is -2.13. The quantitative estimate of drug-likeness (QED) is 0.553. The largest absolute Gasteiger partial charge is 0.493 e. The van der Waals surface area contributed by atoms with E-state index in [1.807, 2.05) is 48.5 Å². The Balaban J connectivity index is 1.66. The standard InChI is InChI=1S/C22H19Cl2NO3/c1-27-20-12-16(10-11-19(20)28-14-15-6-3-2-4-7-15)13-25-22(26)21-17(23)8-5-9-18(21)24/h2-12H,13-14H2,1H3,(H,25,26). The van der Waals surface area contributed by atoms with Crippen LogP contribution in [0.5, 0.6) is 11.5 Å². The second-order valence-electron chi connectivity index (χ2n) is 6.04. The van der Waals surface area contributed by atoms with E-state index in [9.17, 15) is 4.79 Å². The van der Waals surface area contributed by atoms with E-state index in [0.29, 0.717) is 34.7 Å². The SMILES string of the molecule is COc1cc(CNC(=O)c2c(Cl)cccc2Cl)ccc1OCc1ccccc1. The number of amides is 1. The molecule has 0 spiro atoms. The van der Waals surface area contributed by atoms with Crippen LogP contribution in [0.25, 0.3) is 0 Å². The molecule has 3 aromatic rings. The molecule has 0 bridgehead atoms. The molecule has 0 aliphatic rings. The van der Waals surface area contributed by atoms with Gasteiger partial charge in [-0.05, 0) is 35.4 Å². The summed E-state index contributed by atoms with van der Waals surface area (Å²) < 4.78 is 11.3. The summed E-state index contributed by atoms with van der Waals surface area (Å²) in [5.74, 6) is 0.896. The van der Waals surface area contributed by atoms with Gasteiger partial charge in [0, 0.05) is 6.54 Å². The van der Waals surface area contributed by atoms with Gasteiger partial charge in [0.05, 0.1) is 22.7 Å². The minimum atomic E-state index is -0.334. The Bertz CT molecular complexity index is 941. The molecule has 0 atom stereocenters. The van der Waals surface area contributed by atoms with Crippen LogP contribution in [0.3, 0.4) is 0 Å². The van der Waals surface area contributed by atoms with Crippen molar-refractivity contribution >= 4 is 29.1 Å². The Labute approximate surface area is 174 Å². The van der Waals surface area contributed by atoms with Crippen molar-refractivity contribution in [2.75, 3.05) is 7.11 Å². The molecule has 1 N–H and O–H groups in total. The first-order valence-electron chi connectivity index (χ1n) is 8.64. The Hall–Kier alpha value is -2.69. The molecule has 0 aliphatic heterocycles. The fraction of sp³-hybridized carbons (Fsp3) is 0.136. The van der Waals surface area contributed by atoms with Crippen LogP contribution in [0.4, 0.5) is 0 Å². The van der Waals surface area contributed by atoms with Gasteiger partial charge in [-0.15, -0.1) is 0 Å². The number of methoxy groups -OCH3 is 1. The first kappa shape index (κ1) is 20.1. The third-order valence-electron chi connectivity index (χ3n) is 4.11. The van der Waals surface area contributed by atoms with Gasteiger partial charge < -0.3 is 14.8 Å². The van der Waals surface area contributed by atoms with E-state index in [2.05, 4.69) is 5.32 Å². The van der Waals surface area contributed by atoms with Crippen molar-refractivity contribution in [3.05, 3.63) is 93.5 Å². The number of benzene rings is 3. The summed E-state index contributed by atoms with van der Waals surface area (Å²) in [6, 6.07) is 20.4. The zero-order valence-electron chi connectivity index (χ0n) is 15.2. The first-order chi connectivity index (χ1) is 13.6. The average molecular weight is 416 g/mol. The lowest BCUT2D eigenvalue weighted by atomic mass is 10.1. The van der Waals surface area contributed by atoms with E-state index < -0.39 is 0 Å². The van der Waals surface area contributed by atoms with Gasteiger partial charge in [-0.25, -0.2) is 0 Å². The zero-order valence-corrected chi connectivity index (χ0v) is 16.8. The Morgan fingerprint density at radius 1 is 0.893 bits per heavy atom.